The topological polar surface area (TPSA) is 53.3 Å². The van der Waals surface area contributed by atoms with E-state index in [9.17, 15) is 9.18 Å². The molecule has 0 aliphatic carbocycles. The van der Waals surface area contributed by atoms with Crippen molar-refractivity contribution < 1.29 is 13.9 Å². The molecule has 0 saturated carbocycles. The van der Waals surface area contributed by atoms with Gasteiger partial charge in [-0.05, 0) is 54.8 Å². The van der Waals surface area contributed by atoms with Crippen LogP contribution in [-0.2, 0) is 4.79 Å². The SMILES string of the molecule is CCOc1ccc(N(CCC#N)C(=O)CC(C)c2ccc(F)cc2)cc1. The molecule has 0 saturated heterocycles. The third-order valence-electron chi connectivity index (χ3n) is 4.13. The standard InChI is InChI=1S/C21H23FN2O2/c1-3-26-20-11-9-19(10-12-20)24(14-4-13-23)21(25)15-16(2)17-5-7-18(22)8-6-17/h5-12,16H,3-4,14-15H2,1-2H3. The van der Waals surface area contributed by atoms with Gasteiger partial charge in [-0.25, -0.2) is 4.39 Å². The summed E-state index contributed by atoms with van der Waals surface area (Å²) in [7, 11) is 0. The van der Waals surface area contributed by atoms with Gasteiger partial charge in [-0.3, -0.25) is 4.79 Å². The molecule has 0 fully saturated rings. The van der Waals surface area contributed by atoms with Gasteiger partial charge in [0.1, 0.15) is 11.6 Å². The summed E-state index contributed by atoms with van der Waals surface area (Å²) in [6, 6.07) is 15.6. The molecule has 2 aromatic rings. The molecule has 1 unspecified atom stereocenters. The van der Waals surface area contributed by atoms with Crippen LogP contribution in [-0.4, -0.2) is 19.1 Å². The number of anilines is 1. The minimum atomic E-state index is -0.294. The van der Waals surface area contributed by atoms with Gasteiger partial charge < -0.3 is 9.64 Å². The Kier molecular flexibility index (Phi) is 7.16. The van der Waals surface area contributed by atoms with Crippen molar-refractivity contribution in [1.82, 2.24) is 0 Å². The summed E-state index contributed by atoms with van der Waals surface area (Å²) in [5.74, 6) is 0.331. The Labute approximate surface area is 153 Å². The van der Waals surface area contributed by atoms with Gasteiger partial charge in [0, 0.05) is 18.7 Å². The highest BCUT2D eigenvalue weighted by molar-refractivity contribution is 5.93. The Hall–Kier alpha value is -2.87. The fraction of sp³-hybridized carbons (Fsp3) is 0.333. The van der Waals surface area contributed by atoms with Crippen LogP contribution in [0.1, 0.15) is 38.2 Å². The Morgan fingerprint density at radius 1 is 1.19 bits per heavy atom. The summed E-state index contributed by atoms with van der Waals surface area (Å²) in [5.41, 5.74) is 1.65. The van der Waals surface area contributed by atoms with Crippen molar-refractivity contribution >= 4 is 11.6 Å². The molecular weight excluding hydrogens is 331 g/mol. The zero-order valence-corrected chi connectivity index (χ0v) is 15.1. The Morgan fingerprint density at radius 3 is 2.42 bits per heavy atom. The Balaban J connectivity index is 2.13. The number of nitrogens with zero attached hydrogens (tertiary/aromatic N) is 2. The molecule has 0 radical (unpaired) electrons. The van der Waals surface area contributed by atoms with Crippen LogP contribution in [0, 0.1) is 17.1 Å². The van der Waals surface area contributed by atoms with Crippen molar-refractivity contribution in [3.05, 3.63) is 59.9 Å². The predicted octanol–water partition coefficient (Wildman–Crippen LogP) is 4.66. The minimum Gasteiger partial charge on any atom is -0.494 e. The predicted molar refractivity (Wildman–Crippen MR) is 99.6 cm³/mol. The van der Waals surface area contributed by atoms with E-state index >= 15 is 0 Å². The summed E-state index contributed by atoms with van der Waals surface area (Å²) in [6.45, 7) is 4.75. The Bertz CT molecular complexity index is 751. The molecule has 0 bridgehead atoms. The third-order valence-corrected chi connectivity index (χ3v) is 4.13. The van der Waals surface area contributed by atoms with E-state index in [0.717, 1.165) is 17.0 Å². The third kappa shape index (κ3) is 5.32. The molecule has 4 nitrogen and oxygen atoms in total. The van der Waals surface area contributed by atoms with E-state index in [4.69, 9.17) is 10.00 Å². The second-order valence-corrected chi connectivity index (χ2v) is 6.04. The minimum absolute atomic E-state index is 0.0459. The maximum absolute atomic E-state index is 13.1. The summed E-state index contributed by atoms with van der Waals surface area (Å²) in [5, 5.41) is 8.90. The summed E-state index contributed by atoms with van der Waals surface area (Å²) < 4.78 is 18.5. The molecule has 0 aliphatic rings. The maximum atomic E-state index is 13.1. The first kappa shape index (κ1) is 19.5. The lowest BCUT2D eigenvalue weighted by atomic mass is 9.97. The highest BCUT2D eigenvalue weighted by atomic mass is 19.1. The number of rotatable bonds is 8. The lowest BCUT2D eigenvalue weighted by Gasteiger charge is -2.24. The first-order chi connectivity index (χ1) is 12.5. The number of amides is 1. The summed E-state index contributed by atoms with van der Waals surface area (Å²) >= 11 is 0. The fourth-order valence-electron chi connectivity index (χ4n) is 2.73. The van der Waals surface area contributed by atoms with Crippen LogP contribution < -0.4 is 9.64 Å². The van der Waals surface area contributed by atoms with Gasteiger partial charge in [-0.15, -0.1) is 0 Å². The average Bonchev–Trinajstić information content (AvgIpc) is 2.64. The van der Waals surface area contributed by atoms with E-state index in [-0.39, 0.29) is 30.5 Å². The van der Waals surface area contributed by atoms with Crippen LogP contribution in [0.25, 0.3) is 0 Å². The molecule has 136 valence electrons. The van der Waals surface area contributed by atoms with Gasteiger partial charge in [0.2, 0.25) is 5.91 Å². The number of benzene rings is 2. The normalized spacial score (nSPS) is 11.5. The molecule has 2 rings (SSSR count). The number of carbonyl (C=O) groups excluding carboxylic acids is 1. The highest BCUT2D eigenvalue weighted by Gasteiger charge is 2.19. The van der Waals surface area contributed by atoms with E-state index < -0.39 is 0 Å². The quantitative estimate of drug-likeness (QED) is 0.692. The lowest BCUT2D eigenvalue weighted by Crippen LogP contribution is -2.32. The molecule has 0 spiro atoms. The molecule has 1 amide bonds. The van der Waals surface area contributed by atoms with Crippen molar-refractivity contribution in [2.24, 2.45) is 0 Å². The molecule has 26 heavy (non-hydrogen) atoms. The molecule has 2 aromatic carbocycles. The van der Waals surface area contributed by atoms with Gasteiger partial charge >= 0.3 is 0 Å². The molecule has 0 N–H and O–H groups in total. The van der Waals surface area contributed by atoms with Crippen molar-refractivity contribution in [3.8, 4) is 11.8 Å². The summed E-state index contributed by atoms with van der Waals surface area (Å²) in [6.07, 6.45) is 0.536. The van der Waals surface area contributed by atoms with Crippen molar-refractivity contribution in [2.45, 2.75) is 32.6 Å². The van der Waals surface area contributed by atoms with E-state index in [1.165, 1.54) is 12.1 Å². The number of ether oxygens (including phenoxy) is 1. The smallest absolute Gasteiger partial charge is 0.227 e. The number of carbonyl (C=O) groups is 1. The van der Waals surface area contributed by atoms with Gasteiger partial charge in [0.25, 0.3) is 0 Å². The summed E-state index contributed by atoms with van der Waals surface area (Å²) in [4.78, 5) is 14.4. The van der Waals surface area contributed by atoms with Gasteiger partial charge in [0.15, 0.2) is 0 Å². The molecule has 0 aromatic heterocycles. The second-order valence-electron chi connectivity index (χ2n) is 6.04. The molecular formula is C21H23FN2O2. The van der Waals surface area contributed by atoms with Crippen molar-refractivity contribution in [1.29, 1.82) is 5.26 Å². The average molecular weight is 354 g/mol. The van der Waals surface area contributed by atoms with Gasteiger partial charge in [0.05, 0.1) is 19.1 Å². The Morgan fingerprint density at radius 2 is 1.85 bits per heavy atom. The largest absolute Gasteiger partial charge is 0.494 e. The second kappa shape index (κ2) is 9.57. The van der Waals surface area contributed by atoms with Crippen LogP contribution >= 0.6 is 0 Å². The molecule has 0 heterocycles. The van der Waals surface area contributed by atoms with Crippen LogP contribution in [0.3, 0.4) is 0 Å². The first-order valence-corrected chi connectivity index (χ1v) is 8.70. The number of halogens is 1. The molecule has 1 atom stereocenters. The van der Waals surface area contributed by atoms with Crippen molar-refractivity contribution in [3.63, 3.8) is 0 Å². The van der Waals surface area contributed by atoms with Gasteiger partial charge in [-0.1, -0.05) is 19.1 Å². The van der Waals surface area contributed by atoms with Crippen LogP contribution in [0.4, 0.5) is 10.1 Å². The molecule has 5 heteroatoms. The number of nitriles is 1. The van der Waals surface area contributed by atoms with Crippen molar-refractivity contribution in [2.75, 3.05) is 18.1 Å². The van der Waals surface area contributed by atoms with Crippen LogP contribution in [0.15, 0.2) is 48.5 Å². The van der Waals surface area contributed by atoms with E-state index in [2.05, 4.69) is 6.07 Å². The zero-order chi connectivity index (χ0) is 18.9. The molecule has 0 aliphatic heterocycles. The number of hydrogen-bond donors (Lipinski definition) is 0. The zero-order valence-electron chi connectivity index (χ0n) is 15.1. The maximum Gasteiger partial charge on any atom is 0.227 e. The highest BCUT2D eigenvalue weighted by Crippen LogP contribution is 2.24. The monoisotopic (exact) mass is 354 g/mol. The van der Waals surface area contributed by atoms with E-state index in [1.54, 1.807) is 17.0 Å². The van der Waals surface area contributed by atoms with E-state index in [1.807, 2.05) is 38.1 Å². The van der Waals surface area contributed by atoms with E-state index in [0.29, 0.717) is 13.2 Å². The lowest BCUT2D eigenvalue weighted by molar-refractivity contribution is -0.118. The number of hydrogen-bond acceptors (Lipinski definition) is 3. The first-order valence-electron chi connectivity index (χ1n) is 8.70. The fourth-order valence-corrected chi connectivity index (χ4v) is 2.73. The van der Waals surface area contributed by atoms with Crippen LogP contribution in [0.2, 0.25) is 0 Å². The van der Waals surface area contributed by atoms with Gasteiger partial charge in [-0.2, -0.15) is 5.26 Å². The van der Waals surface area contributed by atoms with Crippen LogP contribution in [0.5, 0.6) is 5.75 Å².